The molecule has 8 nitrogen and oxygen atoms in total. The maximum atomic E-state index is 4.65. The first-order valence-corrected chi connectivity index (χ1v) is 6.48. The molecule has 8 heteroatoms. The highest BCUT2D eigenvalue weighted by Gasteiger charge is 2.21. The lowest BCUT2D eigenvalue weighted by molar-refractivity contribution is 0.556. The smallest absolute Gasteiger partial charge is 0.180 e. The zero-order chi connectivity index (χ0) is 13.5. The molecule has 0 aliphatic carbocycles. The van der Waals surface area contributed by atoms with Crippen LogP contribution in [-0.2, 0) is 13.1 Å². The van der Waals surface area contributed by atoms with E-state index in [9.17, 15) is 0 Å². The summed E-state index contributed by atoms with van der Waals surface area (Å²) in [6.07, 6.45) is 7.41. The van der Waals surface area contributed by atoms with E-state index in [4.69, 9.17) is 0 Å². The molecule has 0 atom stereocenters. The van der Waals surface area contributed by atoms with Gasteiger partial charge in [-0.3, -0.25) is 0 Å². The van der Waals surface area contributed by atoms with E-state index in [-0.39, 0.29) is 0 Å². The van der Waals surface area contributed by atoms with Crippen LogP contribution in [0, 0.1) is 0 Å². The van der Waals surface area contributed by atoms with Crippen LogP contribution in [-0.4, -0.2) is 42.7 Å². The number of anilines is 2. The van der Waals surface area contributed by atoms with Crippen LogP contribution in [0.2, 0.25) is 0 Å². The van der Waals surface area contributed by atoms with E-state index in [2.05, 4.69) is 34.9 Å². The normalized spacial score (nSPS) is 14.6. The first-order chi connectivity index (χ1) is 9.85. The Bertz CT molecular complexity index is 758. The zero-order valence-corrected chi connectivity index (χ0v) is 11.1. The van der Waals surface area contributed by atoms with E-state index < -0.39 is 0 Å². The maximum absolute atomic E-state index is 4.65. The van der Waals surface area contributed by atoms with Crippen molar-refractivity contribution in [3.05, 3.63) is 30.7 Å². The third-order valence-corrected chi connectivity index (χ3v) is 3.55. The van der Waals surface area contributed by atoms with Gasteiger partial charge in [0.2, 0.25) is 0 Å². The number of hydrogen-bond donors (Lipinski definition) is 1. The largest absolute Gasteiger partial charge is 0.372 e. The summed E-state index contributed by atoms with van der Waals surface area (Å²) < 4.78 is 4.05. The summed E-state index contributed by atoms with van der Waals surface area (Å²) in [5, 5.41) is 11.2. The molecule has 20 heavy (non-hydrogen) atoms. The quantitative estimate of drug-likeness (QED) is 0.725. The molecule has 4 heterocycles. The summed E-state index contributed by atoms with van der Waals surface area (Å²) in [5.41, 5.74) is 0.858. The fraction of sp³-hybridized carbons (Fsp3) is 0.333. The summed E-state index contributed by atoms with van der Waals surface area (Å²) >= 11 is 0. The second-order valence-corrected chi connectivity index (χ2v) is 4.72. The predicted molar refractivity (Wildman–Crippen MR) is 73.6 cm³/mol. The van der Waals surface area contributed by atoms with Gasteiger partial charge in [0.15, 0.2) is 17.3 Å². The van der Waals surface area contributed by atoms with E-state index in [1.807, 2.05) is 23.8 Å². The highest BCUT2D eigenvalue weighted by Crippen LogP contribution is 2.23. The van der Waals surface area contributed by atoms with Crippen molar-refractivity contribution in [3.63, 3.8) is 0 Å². The van der Waals surface area contributed by atoms with Gasteiger partial charge in [0.25, 0.3) is 0 Å². The van der Waals surface area contributed by atoms with Crippen LogP contribution in [0.5, 0.6) is 0 Å². The van der Waals surface area contributed by atoms with Crippen LogP contribution in [0.1, 0.15) is 5.82 Å². The number of aromatic nitrogens is 6. The molecule has 0 fully saturated rings. The Morgan fingerprint density at radius 1 is 1.30 bits per heavy atom. The fourth-order valence-electron chi connectivity index (χ4n) is 2.49. The standard InChI is InChI=1S/C12H14N8/c1-13-9-6-18-3-2-14-11(18)12(16-9)19-4-5-20-8-15-17-10(20)7-19/h2-3,6,8,13H,4-5,7H2,1H3. The average molecular weight is 270 g/mol. The SMILES string of the molecule is CNc1cn2ccnc2c(N2CCn3cnnc3C2)n1. The number of hydrogen-bond acceptors (Lipinski definition) is 6. The van der Waals surface area contributed by atoms with Gasteiger partial charge in [-0.15, -0.1) is 10.2 Å². The van der Waals surface area contributed by atoms with Gasteiger partial charge in [-0.1, -0.05) is 0 Å². The fourth-order valence-corrected chi connectivity index (χ4v) is 2.49. The van der Waals surface area contributed by atoms with Crippen molar-refractivity contribution in [3.8, 4) is 0 Å². The van der Waals surface area contributed by atoms with E-state index >= 15 is 0 Å². The van der Waals surface area contributed by atoms with E-state index in [0.717, 1.165) is 36.2 Å². The Kier molecular flexibility index (Phi) is 2.35. The molecule has 4 rings (SSSR count). The van der Waals surface area contributed by atoms with Gasteiger partial charge in [-0.05, 0) is 0 Å². The minimum atomic E-state index is 0.697. The number of rotatable bonds is 2. The molecule has 1 aliphatic heterocycles. The molecule has 1 N–H and O–H groups in total. The zero-order valence-electron chi connectivity index (χ0n) is 11.1. The molecule has 0 saturated heterocycles. The van der Waals surface area contributed by atoms with Crippen molar-refractivity contribution >= 4 is 17.3 Å². The number of nitrogens with one attached hydrogen (secondary N) is 1. The van der Waals surface area contributed by atoms with Gasteiger partial charge < -0.3 is 19.2 Å². The van der Waals surface area contributed by atoms with Crippen molar-refractivity contribution in [2.24, 2.45) is 0 Å². The van der Waals surface area contributed by atoms with Crippen molar-refractivity contribution in [2.75, 3.05) is 23.8 Å². The van der Waals surface area contributed by atoms with Crippen LogP contribution in [0.15, 0.2) is 24.9 Å². The number of fused-ring (bicyclic) bond motifs is 2. The molecule has 0 aromatic carbocycles. The highest BCUT2D eigenvalue weighted by atomic mass is 15.3. The summed E-state index contributed by atoms with van der Waals surface area (Å²) in [5.74, 6) is 2.64. The van der Waals surface area contributed by atoms with Gasteiger partial charge in [0.1, 0.15) is 12.1 Å². The lowest BCUT2D eigenvalue weighted by Gasteiger charge is -2.28. The van der Waals surface area contributed by atoms with Gasteiger partial charge in [0, 0.05) is 32.5 Å². The van der Waals surface area contributed by atoms with Crippen molar-refractivity contribution in [1.82, 2.24) is 29.1 Å². The Labute approximate surface area is 115 Å². The molecule has 0 amide bonds. The highest BCUT2D eigenvalue weighted by molar-refractivity contribution is 5.66. The number of imidazole rings is 1. The molecule has 0 radical (unpaired) electrons. The van der Waals surface area contributed by atoms with Crippen LogP contribution >= 0.6 is 0 Å². The van der Waals surface area contributed by atoms with E-state index in [1.54, 1.807) is 12.5 Å². The first-order valence-electron chi connectivity index (χ1n) is 6.48. The first kappa shape index (κ1) is 11.2. The molecule has 3 aromatic rings. The summed E-state index contributed by atoms with van der Waals surface area (Å²) in [4.78, 5) is 11.2. The van der Waals surface area contributed by atoms with Gasteiger partial charge in [0.05, 0.1) is 12.7 Å². The Morgan fingerprint density at radius 2 is 2.25 bits per heavy atom. The van der Waals surface area contributed by atoms with E-state index in [0.29, 0.717) is 6.54 Å². The Hall–Kier alpha value is -2.64. The lowest BCUT2D eigenvalue weighted by atomic mass is 10.3. The second kappa shape index (κ2) is 4.19. The van der Waals surface area contributed by atoms with Crippen LogP contribution in [0.4, 0.5) is 11.6 Å². The lowest BCUT2D eigenvalue weighted by Crippen LogP contribution is -2.34. The molecule has 0 spiro atoms. The predicted octanol–water partition coefficient (Wildman–Crippen LogP) is 0.383. The molecule has 0 bridgehead atoms. The molecule has 0 unspecified atom stereocenters. The minimum absolute atomic E-state index is 0.697. The monoisotopic (exact) mass is 270 g/mol. The van der Waals surface area contributed by atoms with Crippen molar-refractivity contribution in [1.29, 1.82) is 0 Å². The Morgan fingerprint density at radius 3 is 3.15 bits per heavy atom. The molecule has 102 valence electrons. The summed E-state index contributed by atoms with van der Waals surface area (Å²) in [6, 6.07) is 0. The molecular weight excluding hydrogens is 256 g/mol. The van der Waals surface area contributed by atoms with Gasteiger partial charge in [-0.25, -0.2) is 9.97 Å². The molecular formula is C12H14N8. The summed E-state index contributed by atoms with van der Waals surface area (Å²) in [6.45, 7) is 2.43. The van der Waals surface area contributed by atoms with Crippen LogP contribution in [0.3, 0.4) is 0 Å². The molecule has 3 aromatic heterocycles. The number of nitrogens with zero attached hydrogens (tertiary/aromatic N) is 7. The Balaban J connectivity index is 1.80. The van der Waals surface area contributed by atoms with Crippen molar-refractivity contribution in [2.45, 2.75) is 13.1 Å². The topological polar surface area (TPSA) is 76.2 Å². The van der Waals surface area contributed by atoms with Crippen molar-refractivity contribution < 1.29 is 0 Å². The van der Waals surface area contributed by atoms with E-state index in [1.165, 1.54) is 0 Å². The minimum Gasteiger partial charge on any atom is -0.372 e. The third-order valence-electron chi connectivity index (χ3n) is 3.55. The van der Waals surface area contributed by atoms with Crippen LogP contribution < -0.4 is 10.2 Å². The average Bonchev–Trinajstić information content (AvgIpc) is 3.13. The third kappa shape index (κ3) is 1.61. The van der Waals surface area contributed by atoms with Gasteiger partial charge >= 0.3 is 0 Å². The maximum Gasteiger partial charge on any atom is 0.180 e. The molecule has 1 aliphatic rings. The second-order valence-electron chi connectivity index (χ2n) is 4.72. The van der Waals surface area contributed by atoms with Gasteiger partial charge in [-0.2, -0.15) is 0 Å². The summed E-state index contributed by atoms with van der Waals surface area (Å²) in [7, 11) is 1.86. The molecule has 0 saturated carbocycles. The van der Waals surface area contributed by atoms with Crippen LogP contribution in [0.25, 0.3) is 5.65 Å².